The van der Waals surface area contributed by atoms with Gasteiger partial charge in [0.25, 0.3) is 5.92 Å². The summed E-state index contributed by atoms with van der Waals surface area (Å²) in [5, 5.41) is 0. The number of rotatable bonds is 2. The standard InChI is InChI=1S/C14H17F2NO2/c1-17-8-7-12(14(15,16)9-17)10-3-5-11(6-4-10)13(18)19-2/h3-6,12H,7-9H2,1-2H3. The Morgan fingerprint density at radius 2 is 2.00 bits per heavy atom. The molecule has 5 heteroatoms. The van der Waals surface area contributed by atoms with Gasteiger partial charge in [-0.3, -0.25) is 0 Å². The van der Waals surface area contributed by atoms with Gasteiger partial charge in [0.15, 0.2) is 0 Å². The molecule has 0 amide bonds. The van der Waals surface area contributed by atoms with Crippen LogP contribution < -0.4 is 0 Å². The Morgan fingerprint density at radius 3 is 2.53 bits per heavy atom. The number of esters is 1. The van der Waals surface area contributed by atoms with Gasteiger partial charge in [0.05, 0.1) is 25.1 Å². The number of halogens is 2. The molecule has 1 aliphatic heterocycles. The van der Waals surface area contributed by atoms with Gasteiger partial charge in [-0.2, -0.15) is 0 Å². The predicted octanol–water partition coefficient (Wildman–Crippen LogP) is 2.53. The summed E-state index contributed by atoms with van der Waals surface area (Å²) < 4.78 is 32.6. The zero-order chi connectivity index (χ0) is 14.0. The molecule has 1 fully saturated rings. The maximum absolute atomic E-state index is 14.0. The van der Waals surface area contributed by atoms with Gasteiger partial charge in [0.2, 0.25) is 0 Å². The highest BCUT2D eigenvalue weighted by Gasteiger charge is 2.44. The van der Waals surface area contributed by atoms with Crippen molar-refractivity contribution in [2.75, 3.05) is 27.2 Å². The SMILES string of the molecule is COC(=O)c1ccc(C2CCN(C)CC2(F)F)cc1. The fraction of sp³-hybridized carbons (Fsp3) is 0.500. The van der Waals surface area contributed by atoms with Crippen molar-refractivity contribution in [2.24, 2.45) is 0 Å². The molecular formula is C14H17F2NO2. The second-order valence-corrected chi connectivity index (χ2v) is 4.95. The fourth-order valence-corrected chi connectivity index (χ4v) is 2.49. The molecule has 0 aliphatic carbocycles. The van der Waals surface area contributed by atoms with Crippen molar-refractivity contribution in [3.05, 3.63) is 35.4 Å². The molecule has 0 aromatic heterocycles. The van der Waals surface area contributed by atoms with E-state index in [1.54, 1.807) is 24.1 Å². The number of methoxy groups -OCH3 is 1. The van der Waals surface area contributed by atoms with E-state index >= 15 is 0 Å². The van der Waals surface area contributed by atoms with Crippen LogP contribution in [-0.2, 0) is 4.74 Å². The largest absolute Gasteiger partial charge is 0.465 e. The van der Waals surface area contributed by atoms with E-state index in [1.807, 2.05) is 0 Å². The molecule has 19 heavy (non-hydrogen) atoms. The molecule has 1 heterocycles. The van der Waals surface area contributed by atoms with Gasteiger partial charge in [-0.15, -0.1) is 0 Å². The van der Waals surface area contributed by atoms with E-state index in [1.165, 1.54) is 19.2 Å². The maximum Gasteiger partial charge on any atom is 0.337 e. The Kier molecular flexibility index (Phi) is 3.85. The molecule has 0 radical (unpaired) electrons. The van der Waals surface area contributed by atoms with Crippen molar-refractivity contribution < 1.29 is 18.3 Å². The minimum atomic E-state index is -2.74. The maximum atomic E-state index is 14.0. The van der Waals surface area contributed by atoms with Gasteiger partial charge in [-0.25, -0.2) is 13.6 Å². The van der Waals surface area contributed by atoms with E-state index in [2.05, 4.69) is 4.74 Å². The van der Waals surface area contributed by atoms with Crippen molar-refractivity contribution in [1.29, 1.82) is 0 Å². The highest BCUT2D eigenvalue weighted by atomic mass is 19.3. The van der Waals surface area contributed by atoms with Crippen LogP contribution in [0.1, 0.15) is 28.3 Å². The first kappa shape index (κ1) is 13.9. The van der Waals surface area contributed by atoms with E-state index in [9.17, 15) is 13.6 Å². The quantitative estimate of drug-likeness (QED) is 0.773. The molecular weight excluding hydrogens is 252 g/mol. The van der Waals surface area contributed by atoms with Gasteiger partial charge in [0, 0.05) is 0 Å². The fourth-order valence-electron chi connectivity index (χ4n) is 2.49. The Balaban J connectivity index is 2.20. The summed E-state index contributed by atoms with van der Waals surface area (Å²) in [5.74, 6) is -3.98. The second-order valence-electron chi connectivity index (χ2n) is 4.95. The first-order valence-corrected chi connectivity index (χ1v) is 6.18. The van der Waals surface area contributed by atoms with Gasteiger partial charge < -0.3 is 9.64 Å². The van der Waals surface area contributed by atoms with Crippen LogP contribution in [0.4, 0.5) is 8.78 Å². The summed E-state index contributed by atoms with van der Waals surface area (Å²) >= 11 is 0. The third-order valence-corrected chi connectivity index (χ3v) is 3.52. The number of ether oxygens (including phenoxy) is 1. The lowest BCUT2D eigenvalue weighted by Gasteiger charge is -2.36. The molecule has 0 N–H and O–H groups in total. The van der Waals surface area contributed by atoms with E-state index < -0.39 is 17.8 Å². The van der Waals surface area contributed by atoms with E-state index in [-0.39, 0.29) is 6.54 Å². The average Bonchev–Trinajstić information content (AvgIpc) is 2.37. The molecule has 1 saturated heterocycles. The molecule has 3 nitrogen and oxygen atoms in total. The van der Waals surface area contributed by atoms with Crippen LogP contribution in [0.2, 0.25) is 0 Å². The monoisotopic (exact) mass is 269 g/mol. The predicted molar refractivity (Wildman–Crippen MR) is 67.6 cm³/mol. The number of likely N-dealkylation sites (tertiary alicyclic amines) is 1. The van der Waals surface area contributed by atoms with E-state index in [0.29, 0.717) is 24.1 Å². The summed E-state index contributed by atoms with van der Waals surface area (Å²) in [6, 6.07) is 6.26. The summed E-state index contributed by atoms with van der Waals surface area (Å²) in [4.78, 5) is 12.9. The number of carbonyl (C=O) groups is 1. The molecule has 1 aromatic carbocycles. The smallest absolute Gasteiger partial charge is 0.337 e. The summed E-state index contributed by atoms with van der Waals surface area (Å²) in [6.07, 6.45) is 0.418. The molecule has 1 aliphatic rings. The Morgan fingerprint density at radius 1 is 1.37 bits per heavy atom. The van der Waals surface area contributed by atoms with Crippen LogP contribution in [-0.4, -0.2) is 44.0 Å². The zero-order valence-corrected chi connectivity index (χ0v) is 11.0. The third kappa shape index (κ3) is 2.92. The summed E-state index contributed by atoms with van der Waals surface area (Å²) in [7, 11) is 2.99. The molecule has 0 saturated carbocycles. The molecule has 2 rings (SSSR count). The Bertz CT molecular complexity index is 459. The lowest BCUT2D eigenvalue weighted by Crippen LogP contribution is -2.45. The first-order valence-electron chi connectivity index (χ1n) is 6.18. The van der Waals surface area contributed by atoms with Gasteiger partial charge >= 0.3 is 5.97 Å². The number of benzene rings is 1. The van der Waals surface area contributed by atoms with Crippen LogP contribution in [0.25, 0.3) is 0 Å². The van der Waals surface area contributed by atoms with Crippen LogP contribution in [0.15, 0.2) is 24.3 Å². The zero-order valence-electron chi connectivity index (χ0n) is 11.0. The molecule has 1 unspecified atom stereocenters. The van der Waals surface area contributed by atoms with Crippen LogP contribution in [0.3, 0.4) is 0 Å². The van der Waals surface area contributed by atoms with Crippen molar-refractivity contribution in [3.63, 3.8) is 0 Å². The number of alkyl halides is 2. The van der Waals surface area contributed by atoms with Crippen LogP contribution >= 0.6 is 0 Å². The first-order chi connectivity index (χ1) is 8.94. The molecule has 0 spiro atoms. The average molecular weight is 269 g/mol. The number of piperidine rings is 1. The van der Waals surface area contributed by atoms with Crippen LogP contribution in [0.5, 0.6) is 0 Å². The number of carbonyl (C=O) groups excluding carboxylic acids is 1. The van der Waals surface area contributed by atoms with Crippen LogP contribution in [0, 0.1) is 0 Å². The van der Waals surface area contributed by atoms with Crippen molar-refractivity contribution >= 4 is 5.97 Å². The Labute approximate surface area is 111 Å². The number of hydrogen-bond acceptors (Lipinski definition) is 3. The van der Waals surface area contributed by atoms with Gasteiger partial charge in [0.1, 0.15) is 0 Å². The third-order valence-electron chi connectivity index (χ3n) is 3.52. The highest BCUT2D eigenvalue weighted by Crippen LogP contribution is 2.39. The molecule has 104 valence electrons. The lowest BCUT2D eigenvalue weighted by atomic mass is 9.86. The lowest BCUT2D eigenvalue weighted by molar-refractivity contribution is -0.0765. The summed E-state index contributed by atoms with van der Waals surface area (Å²) in [5.41, 5.74) is 0.952. The molecule has 1 atom stereocenters. The van der Waals surface area contributed by atoms with Crippen molar-refractivity contribution in [2.45, 2.75) is 18.3 Å². The minimum Gasteiger partial charge on any atom is -0.465 e. The highest BCUT2D eigenvalue weighted by molar-refractivity contribution is 5.89. The Hall–Kier alpha value is -1.49. The summed E-state index contributed by atoms with van der Waals surface area (Å²) in [6.45, 7) is 0.426. The molecule has 1 aromatic rings. The van der Waals surface area contributed by atoms with Gasteiger partial charge in [-0.1, -0.05) is 12.1 Å². The van der Waals surface area contributed by atoms with Crippen molar-refractivity contribution in [3.8, 4) is 0 Å². The molecule has 0 bridgehead atoms. The van der Waals surface area contributed by atoms with Gasteiger partial charge in [-0.05, 0) is 37.7 Å². The second kappa shape index (κ2) is 5.25. The van der Waals surface area contributed by atoms with Crippen molar-refractivity contribution in [1.82, 2.24) is 4.90 Å². The topological polar surface area (TPSA) is 29.5 Å². The minimum absolute atomic E-state index is 0.226. The number of nitrogens with zero attached hydrogens (tertiary/aromatic N) is 1. The number of hydrogen-bond donors (Lipinski definition) is 0. The van der Waals surface area contributed by atoms with E-state index in [0.717, 1.165) is 0 Å². The normalized spacial score (nSPS) is 23.1. The van der Waals surface area contributed by atoms with E-state index in [4.69, 9.17) is 0 Å².